The molecular weight excluding hydrogens is 556 g/mol. The molecule has 0 radical (unpaired) electrons. The molecular formula is C29H46O13. The summed E-state index contributed by atoms with van der Waals surface area (Å²) in [5.41, 5.74) is 0. The molecule has 13 heteroatoms. The van der Waals surface area contributed by atoms with Gasteiger partial charge in [0.25, 0.3) is 0 Å². The number of hydrogen-bond donors (Lipinski definition) is 0. The minimum absolute atomic E-state index is 0.00385. The SMILES string of the molecule is CCCC(=O)OC1OCC(OC2OCC(OC3OCC(C)C(C)C3OC(C)=O)C(C)C2OC(C)=O)C(C)C1OC(C)=O. The number of esters is 4. The summed E-state index contributed by atoms with van der Waals surface area (Å²) in [6, 6.07) is 0. The Kier molecular flexibility index (Phi) is 12.5. The molecule has 13 nitrogen and oxygen atoms in total. The lowest BCUT2D eigenvalue weighted by Crippen LogP contribution is -2.58. The summed E-state index contributed by atoms with van der Waals surface area (Å²) in [6.07, 6.45) is -5.73. The van der Waals surface area contributed by atoms with E-state index in [9.17, 15) is 19.2 Å². The number of carbonyl (C=O) groups is 4. The van der Waals surface area contributed by atoms with Crippen LogP contribution in [0.25, 0.3) is 0 Å². The molecule has 0 bridgehead atoms. The zero-order chi connectivity index (χ0) is 31.1. The largest absolute Gasteiger partial charge is 0.457 e. The van der Waals surface area contributed by atoms with Crippen molar-refractivity contribution in [1.29, 1.82) is 0 Å². The average molecular weight is 603 g/mol. The zero-order valence-electron chi connectivity index (χ0n) is 25.8. The van der Waals surface area contributed by atoms with E-state index < -0.39 is 85.1 Å². The first-order valence-electron chi connectivity index (χ1n) is 14.7. The molecule has 12 unspecified atom stereocenters. The third-order valence-electron chi connectivity index (χ3n) is 8.03. The molecule has 12 atom stereocenters. The van der Waals surface area contributed by atoms with Crippen molar-refractivity contribution < 1.29 is 61.8 Å². The highest BCUT2D eigenvalue weighted by molar-refractivity contribution is 5.69. The second kappa shape index (κ2) is 15.4. The summed E-state index contributed by atoms with van der Waals surface area (Å²) in [4.78, 5) is 47.9. The fourth-order valence-electron chi connectivity index (χ4n) is 5.32. The molecule has 0 aliphatic carbocycles. The van der Waals surface area contributed by atoms with Gasteiger partial charge in [0.2, 0.25) is 6.29 Å². The molecule has 240 valence electrons. The van der Waals surface area contributed by atoms with Crippen molar-refractivity contribution >= 4 is 23.9 Å². The van der Waals surface area contributed by atoms with E-state index in [4.69, 9.17) is 42.6 Å². The van der Waals surface area contributed by atoms with Crippen molar-refractivity contribution in [1.82, 2.24) is 0 Å². The Morgan fingerprint density at radius 3 is 1.45 bits per heavy atom. The number of rotatable bonds is 10. The monoisotopic (exact) mass is 602 g/mol. The predicted octanol–water partition coefficient (Wildman–Crippen LogP) is 2.51. The van der Waals surface area contributed by atoms with Crippen LogP contribution in [0.2, 0.25) is 0 Å². The van der Waals surface area contributed by atoms with Crippen LogP contribution in [-0.4, -0.2) is 93.1 Å². The van der Waals surface area contributed by atoms with Crippen molar-refractivity contribution in [3.05, 3.63) is 0 Å². The minimum Gasteiger partial charge on any atom is -0.457 e. The Hall–Kier alpha value is -2.32. The molecule has 0 spiro atoms. The van der Waals surface area contributed by atoms with E-state index in [1.165, 1.54) is 20.8 Å². The fraction of sp³-hybridized carbons (Fsp3) is 0.862. The average Bonchev–Trinajstić information content (AvgIpc) is 2.90. The van der Waals surface area contributed by atoms with Gasteiger partial charge in [0.1, 0.15) is 0 Å². The molecule has 3 saturated heterocycles. The van der Waals surface area contributed by atoms with E-state index in [2.05, 4.69) is 0 Å². The summed E-state index contributed by atoms with van der Waals surface area (Å²) in [6.45, 7) is 13.9. The molecule has 0 amide bonds. The van der Waals surface area contributed by atoms with Gasteiger partial charge in [-0.25, -0.2) is 0 Å². The van der Waals surface area contributed by atoms with Gasteiger partial charge in [0.15, 0.2) is 30.9 Å². The van der Waals surface area contributed by atoms with Crippen molar-refractivity contribution in [2.45, 2.75) is 118 Å². The minimum atomic E-state index is -1.08. The second-order valence-electron chi connectivity index (χ2n) is 11.5. The lowest BCUT2D eigenvalue weighted by molar-refractivity contribution is -0.333. The first-order chi connectivity index (χ1) is 19.8. The molecule has 3 rings (SSSR count). The van der Waals surface area contributed by atoms with Crippen molar-refractivity contribution in [2.24, 2.45) is 23.7 Å². The zero-order valence-corrected chi connectivity index (χ0v) is 25.8. The van der Waals surface area contributed by atoms with E-state index in [0.717, 1.165) is 0 Å². The highest BCUT2D eigenvalue weighted by Gasteiger charge is 2.49. The topological polar surface area (TPSA) is 151 Å². The van der Waals surface area contributed by atoms with Gasteiger partial charge in [-0.3, -0.25) is 19.2 Å². The summed E-state index contributed by atoms with van der Waals surface area (Å²) in [7, 11) is 0. The maximum Gasteiger partial charge on any atom is 0.308 e. The van der Waals surface area contributed by atoms with Crippen LogP contribution in [0.5, 0.6) is 0 Å². The van der Waals surface area contributed by atoms with Gasteiger partial charge in [-0.05, 0) is 12.3 Å². The highest BCUT2D eigenvalue weighted by atomic mass is 16.8. The van der Waals surface area contributed by atoms with E-state index in [1.54, 1.807) is 6.92 Å². The number of hydrogen-bond acceptors (Lipinski definition) is 13. The lowest BCUT2D eigenvalue weighted by Gasteiger charge is -2.46. The standard InChI is InChI=1S/C29H46O13/c1-9-10-23(33)42-29-26(39-20(8)32)17(5)22(13-36-29)41-28-25(38-19(7)31)16(4)21(12-35-28)40-27-24(37-18(6)30)15(3)14(2)11-34-27/h14-17,21-22,24-29H,9-13H2,1-8H3. The van der Waals surface area contributed by atoms with Crippen LogP contribution >= 0.6 is 0 Å². The molecule has 0 aromatic carbocycles. The van der Waals surface area contributed by atoms with Crippen molar-refractivity contribution in [2.75, 3.05) is 19.8 Å². The van der Waals surface area contributed by atoms with Gasteiger partial charge in [0, 0.05) is 44.9 Å². The molecule has 3 fully saturated rings. The molecule has 0 aromatic rings. The van der Waals surface area contributed by atoms with Crippen LogP contribution in [0.1, 0.15) is 68.2 Å². The van der Waals surface area contributed by atoms with E-state index in [0.29, 0.717) is 13.0 Å². The Labute approximate surface area is 247 Å². The van der Waals surface area contributed by atoms with Gasteiger partial charge in [0.05, 0.1) is 32.0 Å². The summed E-state index contributed by atoms with van der Waals surface area (Å²) in [5, 5.41) is 0. The Bertz CT molecular complexity index is 940. The summed E-state index contributed by atoms with van der Waals surface area (Å²) >= 11 is 0. The van der Waals surface area contributed by atoms with Gasteiger partial charge < -0.3 is 42.6 Å². The fourth-order valence-corrected chi connectivity index (χ4v) is 5.32. The predicted molar refractivity (Wildman–Crippen MR) is 143 cm³/mol. The third-order valence-corrected chi connectivity index (χ3v) is 8.03. The summed E-state index contributed by atoms with van der Waals surface area (Å²) in [5.74, 6) is -2.70. The van der Waals surface area contributed by atoms with Crippen molar-refractivity contribution in [3.63, 3.8) is 0 Å². The second-order valence-corrected chi connectivity index (χ2v) is 11.5. The van der Waals surface area contributed by atoms with Crippen LogP contribution in [0.15, 0.2) is 0 Å². The highest BCUT2D eigenvalue weighted by Crippen LogP contribution is 2.35. The normalized spacial score (nSPS) is 38.7. The maximum atomic E-state index is 12.1. The number of carbonyl (C=O) groups excluding carboxylic acids is 4. The Balaban J connectivity index is 1.72. The molecule has 3 heterocycles. The van der Waals surface area contributed by atoms with Gasteiger partial charge in [-0.1, -0.05) is 34.6 Å². The van der Waals surface area contributed by atoms with E-state index in [-0.39, 0.29) is 31.5 Å². The lowest BCUT2D eigenvalue weighted by atomic mass is 9.88. The van der Waals surface area contributed by atoms with Gasteiger partial charge >= 0.3 is 23.9 Å². The first kappa shape index (κ1) is 34.2. The van der Waals surface area contributed by atoms with Crippen LogP contribution in [-0.2, 0) is 61.8 Å². The van der Waals surface area contributed by atoms with Crippen LogP contribution in [0.3, 0.4) is 0 Å². The third kappa shape index (κ3) is 8.85. The van der Waals surface area contributed by atoms with Crippen LogP contribution in [0, 0.1) is 23.7 Å². The quantitative estimate of drug-likeness (QED) is 0.266. The van der Waals surface area contributed by atoms with E-state index >= 15 is 0 Å². The van der Waals surface area contributed by atoms with Crippen LogP contribution in [0.4, 0.5) is 0 Å². The molecule has 0 N–H and O–H groups in total. The molecule has 3 aliphatic rings. The first-order valence-corrected chi connectivity index (χ1v) is 14.7. The Morgan fingerprint density at radius 2 is 1.00 bits per heavy atom. The summed E-state index contributed by atoms with van der Waals surface area (Å²) < 4.78 is 52.3. The van der Waals surface area contributed by atoms with Gasteiger partial charge in [-0.15, -0.1) is 0 Å². The molecule has 3 aliphatic heterocycles. The maximum absolute atomic E-state index is 12.1. The Morgan fingerprint density at radius 1 is 0.595 bits per heavy atom. The number of ether oxygens (including phenoxy) is 9. The smallest absolute Gasteiger partial charge is 0.308 e. The van der Waals surface area contributed by atoms with Gasteiger partial charge in [-0.2, -0.15) is 0 Å². The molecule has 0 aromatic heterocycles. The molecule has 0 saturated carbocycles. The van der Waals surface area contributed by atoms with Crippen molar-refractivity contribution in [3.8, 4) is 0 Å². The van der Waals surface area contributed by atoms with E-state index in [1.807, 2.05) is 27.7 Å². The molecule has 42 heavy (non-hydrogen) atoms. The van der Waals surface area contributed by atoms with Crippen LogP contribution < -0.4 is 0 Å².